The maximum absolute atomic E-state index is 13.6. The average Bonchev–Trinajstić information content (AvgIpc) is 2.66. The summed E-state index contributed by atoms with van der Waals surface area (Å²) in [5, 5.41) is 13.3. The highest BCUT2D eigenvalue weighted by atomic mass is 19.1. The summed E-state index contributed by atoms with van der Waals surface area (Å²) in [6, 6.07) is 13.7. The van der Waals surface area contributed by atoms with Crippen LogP contribution < -0.4 is 10.1 Å². The van der Waals surface area contributed by atoms with Crippen molar-refractivity contribution in [3.05, 3.63) is 65.5 Å². The summed E-state index contributed by atoms with van der Waals surface area (Å²) in [6.07, 6.45) is -0.891. The highest BCUT2D eigenvalue weighted by Gasteiger charge is 2.13. The molecule has 0 radical (unpaired) electrons. The van der Waals surface area contributed by atoms with E-state index in [1.54, 1.807) is 30.3 Å². The minimum Gasteiger partial charge on any atom is -0.482 e. The van der Waals surface area contributed by atoms with Crippen LogP contribution >= 0.6 is 0 Å². The largest absolute Gasteiger partial charge is 0.482 e. The number of aliphatic hydroxyl groups excluding tert-OH is 1. The van der Waals surface area contributed by atoms with Crippen LogP contribution in [-0.2, 0) is 9.53 Å². The molecule has 0 aliphatic heterocycles. The number of carbonyl (C=O) groups is 1. The molecule has 0 aliphatic carbocycles. The molecule has 2 atom stereocenters. The Morgan fingerprint density at radius 3 is 2.50 bits per heavy atom. The van der Waals surface area contributed by atoms with Crippen molar-refractivity contribution < 1.29 is 23.8 Å². The third kappa shape index (κ3) is 5.82. The molecule has 0 aliphatic rings. The predicted molar refractivity (Wildman–Crippen MR) is 96.6 cm³/mol. The number of hydrogen-bond donors (Lipinski definition) is 2. The van der Waals surface area contributed by atoms with Crippen molar-refractivity contribution in [2.45, 2.75) is 18.9 Å². The predicted octanol–water partition coefficient (Wildman–Crippen LogP) is 2.80. The summed E-state index contributed by atoms with van der Waals surface area (Å²) in [4.78, 5) is 11.1. The Labute approximate surface area is 152 Å². The van der Waals surface area contributed by atoms with Crippen molar-refractivity contribution in [3.8, 4) is 5.75 Å². The number of ether oxygens (including phenoxy) is 2. The number of rotatable bonds is 9. The van der Waals surface area contributed by atoms with Crippen LogP contribution in [0.1, 0.15) is 30.1 Å². The van der Waals surface area contributed by atoms with Crippen LogP contribution in [0.5, 0.6) is 5.75 Å². The van der Waals surface area contributed by atoms with Crippen LogP contribution in [0, 0.1) is 5.82 Å². The first-order valence-electron chi connectivity index (χ1n) is 8.44. The maximum atomic E-state index is 13.6. The smallest absolute Gasteiger partial charge is 0.343 e. The summed E-state index contributed by atoms with van der Waals surface area (Å²) in [5.74, 6) is -0.0517. The normalized spacial score (nSPS) is 13.1. The average molecular weight is 361 g/mol. The fourth-order valence-corrected chi connectivity index (χ4v) is 2.50. The fraction of sp³-hybridized carbons (Fsp3) is 0.350. The van der Waals surface area contributed by atoms with E-state index in [-0.39, 0.29) is 19.1 Å². The van der Waals surface area contributed by atoms with E-state index in [4.69, 9.17) is 4.74 Å². The van der Waals surface area contributed by atoms with Crippen molar-refractivity contribution in [1.82, 2.24) is 5.32 Å². The Morgan fingerprint density at radius 2 is 1.85 bits per heavy atom. The van der Waals surface area contributed by atoms with Gasteiger partial charge in [-0.1, -0.05) is 37.3 Å². The van der Waals surface area contributed by atoms with Gasteiger partial charge in [0.1, 0.15) is 11.6 Å². The van der Waals surface area contributed by atoms with E-state index >= 15 is 0 Å². The molecule has 2 rings (SSSR count). The SMILES string of the molecule is COC(=O)COc1ccc(C(C)CNCC(O)c2ccccc2F)cc1. The summed E-state index contributed by atoms with van der Waals surface area (Å²) in [5.41, 5.74) is 1.38. The van der Waals surface area contributed by atoms with Crippen LogP contribution in [-0.4, -0.2) is 37.9 Å². The number of esters is 1. The van der Waals surface area contributed by atoms with E-state index in [9.17, 15) is 14.3 Å². The number of nitrogens with one attached hydrogen (secondary N) is 1. The van der Waals surface area contributed by atoms with Crippen LogP contribution in [0.3, 0.4) is 0 Å². The molecule has 2 N–H and O–H groups in total. The van der Waals surface area contributed by atoms with Crippen LogP contribution in [0.4, 0.5) is 4.39 Å². The monoisotopic (exact) mass is 361 g/mol. The number of aliphatic hydroxyl groups is 1. The Morgan fingerprint density at radius 1 is 1.15 bits per heavy atom. The van der Waals surface area contributed by atoms with Crippen LogP contribution in [0.25, 0.3) is 0 Å². The van der Waals surface area contributed by atoms with Gasteiger partial charge in [0.15, 0.2) is 6.61 Å². The summed E-state index contributed by atoms with van der Waals surface area (Å²) < 4.78 is 23.5. The van der Waals surface area contributed by atoms with Crippen LogP contribution in [0.2, 0.25) is 0 Å². The molecule has 2 aromatic carbocycles. The molecule has 2 aromatic rings. The molecule has 0 aromatic heterocycles. The maximum Gasteiger partial charge on any atom is 0.343 e. The van der Waals surface area contributed by atoms with Crippen molar-refractivity contribution in [3.63, 3.8) is 0 Å². The van der Waals surface area contributed by atoms with Gasteiger partial charge in [-0.3, -0.25) is 0 Å². The van der Waals surface area contributed by atoms with Gasteiger partial charge in [-0.05, 0) is 29.7 Å². The topological polar surface area (TPSA) is 67.8 Å². The number of benzene rings is 2. The van der Waals surface area contributed by atoms with Crippen molar-refractivity contribution in [1.29, 1.82) is 0 Å². The minimum absolute atomic E-state index is 0.124. The first-order chi connectivity index (χ1) is 12.5. The quantitative estimate of drug-likeness (QED) is 0.672. The molecule has 26 heavy (non-hydrogen) atoms. The van der Waals surface area contributed by atoms with Crippen molar-refractivity contribution in [2.75, 3.05) is 26.8 Å². The van der Waals surface area contributed by atoms with Crippen molar-refractivity contribution >= 4 is 5.97 Å². The van der Waals surface area contributed by atoms with Gasteiger partial charge < -0.3 is 19.9 Å². The van der Waals surface area contributed by atoms with Gasteiger partial charge >= 0.3 is 5.97 Å². The molecular formula is C20H24FNO4. The highest BCUT2D eigenvalue weighted by Crippen LogP contribution is 2.20. The van der Waals surface area contributed by atoms with Gasteiger partial charge in [0.25, 0.3) is 0 Å². The second-order valence-corrected chi connectivity index (χ2v) is 6.03. The Bertz CT molecular complexity index is 705. The molecule has 0 saturated heterocycles. The van der Waals surface area contributed by atoms with Gasteiger partial charge in [0.2, 0.25) is 0 Å². The van der Waals surface area contributed by atoms with E-state index in [0.717, 1.165) is 5.56 Å². The Balaban J connectivity index is 1.79. The molecule has 140 valence electrons. The number of carbonyl (C=O) groups excluding carboxylic acids is 1. The van der Waals surface area contributed by atoms with E-state index in [0.29, 0.717) is 17.9 Å². The standard InChI is InChI=1S/C20H24FNO4/c1-14(11-22-12-19(23)17-5-3-4-6-18(17)21)15-7-9-16(10-8-15)26-13-20(24)25-2/h3-10,14,19,22-23H,11-13H2,1-2H3. The van der Waals surface area contributed by atoms with E-state index in [2.05, 4.69) is 10.1 Å². The van der Waals surface area contributed by atoms with E-state index < -0.39 is 17.9 Å². The van der Waals surface area contributed by atoms with Gasteiger partial charge in [-0.25, -0.2) is 9.18 Å². The molecule has 0 saturated carbocycles. The Kier molecular flexibility index (Phi) is 7.56. The molecule has 0 bridgehead atoms. The zero-order valence-electron chi connectivity index (χ0n) is 14.9. The lowest BCUT2D eigenvalue weighted by Gasteiger charge is -2.17. The molecule has 0 amide bonds. The molecule has 0 spiro atoms. The molecule has 5 nitrogen and oxygen atoms in total. The molecule has 6 heteroatoms. The molecule has 2 unspecified atom stereocenters. The minimum atomic E-state index is -0.891. The van der Waals surface area contributed by atoms with E-state index in [1.165, 1.54) is 13.2 Å². The first kappa shape index (κ1) is 19.9. The zero-order valence-corrected chi connectivity index (χ0v) is 14.9. The van der Waals surface area contributed by atoms with E-state index in [1.807, 2.05) is 19.1 Å². The first-order valence-corrected chi connectivity index (χ1v) is 8.44. The van der Waals surface area contributed by atoms with Gasteiger partial charge in [-0.15, -0.1) is 0 Å². The van der Waals surface area contributed by atoms with Gasteiger partial charge in [0.05, 0.1) is 13.2 Å². The number of methoxy groups -OCH3 is 1. The second kappa shape index (κ2) is 9.89. The molecule has 0 heterocycles. The van der Waals surface area contributed by atoms with Gasteiger partial charge in [0, 0.05) is 18.7 Å². The number of hydrogen-bond acceptors (Lipinski definition) is 5. The summed E-state index contributed by atoms with van der Waals surface area (Å²) in [6.45, 7) is 2.83. The third-order valence-corrected chi connectivity index (χ3v) is 4.09. The molecular weight excluding hydrogens is 337 g/mol. The van der Waals surface area contributed by atoms with Crippen molar-refractivity contribution in [2.24, 2.45) is 0 Å². The third-order valence-electron chi connectivity index (χ3n) is 4.09. The zero-order chi connectivity index (χ0) is 18.9. The number of halogens is 1. The highest BCUT2D eigenvalue weighted by molar-refractivity contribution is 5.70. The van der Waals surface area contributed by atoms with Crippen LogP contribution in [0.15, 0.2) is 48.5 Å². The lowest BCUT2D eigenvalue weighted by atomic mass is 10.0. The lowest BCUT2D eigenvalue weighted by molar-refractivity contribution is -0.142. The summed E-state index contributed by atoms with van der Waals surface area (Å²) >= 11 is 0. The summed E-state index contributed by atoms with van der Waals surface area (Å²) in [7, 11) is 1.31. The molecule has 0 fully saturated rings. The Hall–Kier alpha value is -2.44. The van der Waals surface area contributed by atoms with Gasteiger partial charge in [-0.2, -0.15) is 0 Å². The fourth-order valence-electron chi connectivity index (χ4n) is 2.50. The second-order valence-electron chi connectivity index (χ2n) is 6.03. The lowest BCUT2D eigenvalue weighted by Crippen LogP contribution is -2.26.